The molecule has 1 heterocycles. The van der Waals surface area contributed by atoms with Crippen molar-refractivity contribution < 1.29 is 9.53 Å². The van der Waals surface area contributed by atoms with E-state index in [1.54, 1.807) is 23.6 Å². The predicted octanol–water partition coefficient (Wildman–Crippen LogP) is 3.89. The van der Waals surface area contributed by atoms with E-state index in [-0.39, 0.29) is 12.5 Å². The van der Waals surface area contributed by atoms with E-state index < -0.39 is 0 Å². The van der Waals surface area contributed by atoms with E-state index in [1.807, 2.05) is 56.3 Å². The van der Waals surface area contributed by atoms with Crippen molar-refractivity contribution in [3.8, 4) is 17.1 Å². The van der Waals surface area contributed by atoms with Crippen LogP contribution in [0.25, 0.3) is 11.4 Å². The molecule has 0 fully saturated rings. The van der Waals surface area contributed by atoms with E-state index in [0.29, 0.717) is 17.1 Å². The van der Waals surface area contributed by atoms with E-state index in [2.05, 4.69) is 10.2 Å². The topological polar surface area (TPSA) is 63.1 Å². The highest BCUT2D eigenvalue weighted by molar-refractivity contribution is 7.71. The van der Waals surface area contributed by atoms with Crippen LogP contribution in [0.5, 0.6) is 5.75 Å². The zero-order valence-electron chi connectivity index (χ0n) is 16.5. The molecule has 0 aliphatic rings. The molecular formula is C21H24N4O2S. The molecule has 28 heavy (non-hydrogen) atoms. The van der Waals surface area contributed by atoms with Crippen molar-refractivity contribution in [3.63, 3.8) is 0 Å². The van der Waals surface area contributed by atoms with Gasteiger partial charge >= 0.3 is 0 Å². The van der Waals surface area contributed by atoms with Crippen molar-refractivity contribution in [2.75, 3.05) is 14.2 Å². The number of ether oxygens (including phenoxy) is 1. The third-order valence-corrected chi connectivity index (χ3v) is 4.91. The average Bonchev–Trinajstić information content (AvgIpc) is 3.02. The molecular weight excluding hydrogens is 372 g/mol. The number of aromatic amines is 1. The van der Waals surface area contributed by atoms with Gasteiger partial charge in [0.05, 0.1) is 7.11 Å². The van der Waals surface area contributed by atoms with Gasteiger partial charge in [-0.15, -0.1) is 0 Å². The molecule has 0 unspecified atom stereocenters. The standard InChI is InChI=1S/C21H24N4O2S/c1-14-6-5-7-16(10-14)20-22-23-21(28)25(20)13-19(26)24(3)12-17-11-15(2)8-9-18(17)27-4/h5-11H,12-13H2,1-4H3,(H,23,28). The van der Waals surface area contributed by atoms with Gasteiger partial charge in [-0.25, -0.2) is 0 Å². The van der Waals surface area contributed by atoms with E-state index in [9.17, 15) is 4.79 Å². The first kappa shape index (κ1) is 19.8. The zero-order valence-corrected chi connectivity index (χ0v) is 17.3. The minimum atomic E-state index is -0.0602. The Labute approximate surface area is 169 Å². The van der Waals surface area contributed by atoms with Crippen LogP contribution in [0.4, 0.5) is 0 Å². The Kier molecular flexibility index (Phi) is 5.94. The van der Waals surface area contributed by atoms with Crippen LogP contribution in [0.2, 0.25) is 0 Å². The number of H-pyrrole nitrogens is 1. The number of methoxy groups -OCH3 is 1. The number of hydrogen-bond acceptors (Lipinski definition) is 4. The molecule has 0 saturated carbocycles. The lowest BCUT2D eigenvalue weighted by Crippen LogP contribution is -2.30. The third-order valence-electron chi connectivity index (χ3n) is 4.60. The predicted molar refractivity (Wildman–Crippen MR) is 112 cm³/mol. The normalized spacial score (nSPS) is 10.7. The fraction of sp³-hybridized carbons (Fsp3) is 0.286. The summed E-state index contributed by atoms with van der Waals surface area (Å²) in [4.78, 5) is 14.6. The van der Waals surface area contributed by atoms with E-state index in [4.69, 9.17) is 17.0 Å². The van der Waals surface area contributed by atoms with Crippen LogP contribution in [-0.2, 0) is 17.9 Å². The summed E-state index contributed by atoms with van der Waals surface area (Å²) in [5.74, 6) is 1.36. The summed E-state index contributed by atoms with van der Waals surface area (Å²) in [6, 6.07) is 13.9. The van der Waals surface area contributed by atoms with Crippen molar-refractivity contribution in [3.05, 3.63) is 63.9 Å². The smallest absolute Gasteiger partial charge is 0.242 e. The Morgan fingerprint density at radius 3 is 2.68 bits per heavy atom. The monoisotopic (exact) mass is 396 g/mol. The number of carbonyl (C=O) groups excluding carboxylic acids is 1. The number of nitrogens with one attached hydrogen (secondary N) is 1. The summed E-state index contributed by atoms with van der Waals surface area (Å²) in [6.07, 6.45) is 0. The molecule has 6 nitrogen and oxygen atoms in total. The summed E-state index contributed by atoms with van der Waals surface area (Å²) in [6.45, 7) is 4.60. The molecule has 0 atom stereocenters. The van der Waals surface area contributed by atoms with Crippen molar-refractivity contribution in [1.29, 1.82) is 0 Å². The van der Waals surface area contributed by atoms with Crippen LogP contribution >= 0.6 is 12.2 Å². The van der Waals surface area contributed by atoms with Gasteiger partial charge in [0, 0.05) is 24.7 Å². The molecule has 0 saturated heterocycles. The van der Waals surface area contributed by atoms with Crippen LogP contribution < -0.4 is 4.74 Å². The second kappa shape index (κ2) is 8.39. The molecule has 0 aliphatic heterocycles. The molecule has 3 rings (SSSR count). The fourth-order valence-electron chi connectivity index (χ4n) is 3.10. The van der Waals surface area contributed by atoms with Gasteiger partial charge in [-0.1, -0.05) is 41.5 Å². The summed E-state index contributed by atoms with van der Waals surface area (Å²) < 4.78 is 7.57. The number of rotatable bonds is 6. The maximum atomic E-state index is 12.9. The molecule has 3 aromatic rings. The summed E-state index contributed by atoms with van der Waals surface area (Å²) in [5.41, 5.74) is 4.12. The second-order valence-corrected chi connectivity index (χ2v) is 7.26. The first-order valence-electron chi connectivity index (χ1n) is 8.98. The molecule has 146 valence electrons. The van der Waals surface area contributed by atoms with E-state index >= 15 is 0 Å². The lowest BCUT2D eigenvalue weighted by molar-refractivity contribution is -0.131. The fourth-order valence-corrected chi connectivity index (χ4v) is 3.30. The summed E-state index contributed by atoms with van der Waals surface area (Å²) in [5, 5.41) is 7.12. The molecule has 2 aromatic carbocycles. The molecule has 0 bridgehead atoms. The minimum absolute atomic E-state index is 0.0602. The molecule has 1 aromatic heterocycles. The Balaban J connectivity index is 1.81. The number of hydrogen-bond donors (Lipinski definition) is 1. The number of nitrogens with zero attached hydrogens (tertiary/aromatic N) is 3. The van der Waals surface area contributed by atoms with E-state index in [1.165, 1.54) is 0 Å². The highest BCUT2D eigenvalue weighted by atomic mass is 32.1. The SMILES string of the molecule is COc1ccc(C)cc1CN(C)C(=O)Cn1c(-c2cccc(C)c2)n[nH]c1=S. The summed E-state index contributed by atoms with van der Waals surface area (Å²) in [7, 11) is 3.41. The first-order chi connectivity index (χ1) is 13.4. The Morgan fingerprint density at radius 2 is 1.96 bits per heavy atom. The van der Waals surface area contributed by atoms with Gasteiger partial charge < -0.3 is 9.64 Å². The largest absolute Gasteiger partial charge is 0.496 e. The van der Waals surface area contributed by atoms with Gasteiger partial charge in [0.25, 0.3) is 0 Å². The molecule has 7 heteroatoms. The highest BCUT2D eigenvalue weighted by Crippen LogP contribution is 2.22. The zero-order chi connectivity index (χ0) is 20.3. The molecule has 0 aliphatic carbocycles. The maximum Gasteiger partial charge on any atom is 0.242 e. The van der Waals surface area contributed by atoms with Crippen molar-refractivity contribution >= 4 is 18.1 Å². The minimum Gasteiger partial charge on any atom is -0.496 e. The molecule has 0 spiro atoms. The van der Waals surface area contributed by atoms with Gasteiger partial charge in [0.2, 0.25) is 5.91 Å². The number of benzene rings is 2. The van der Waals surface area contributed by atoms with Gasteiger partial charge in [0.1, 0.15) is 12.3 Å². The van der Waals surface area contributed by atoms with Gasteiger partial charge in [-0.3, -0.25) is 14.5 Å². The molecule has 0 radical (unpaired) electrons. The number of carbonyl (C=O) groups is 1. The van der Waals surface area contributed by atoms with Crippen LogP contribution in [0, 0.1) is 18.6 Å². The number of likely N-dealkylation sites (N-methyl/N-ethyl adjacent to an activating group) is 1. The van der Waals surface area contributed by atoms with Crippen molar-refractivity contribution in [2.45, 2.75) is 26.9 Å². The van der Waals surface area contributed by atoms with Crippen LogP contribution in [0.1, 0.15) is 16.7 Å². The number of aryl methyl sites for hydroxylation is 2. The lowest BCUT2D eigenvalue weighted by Gasteiger charge is -2.20. The third kappa shape index (κ3) is 4.31. The van der Waals surface area contributed by atoms with Crippen LogP contribution in [0.15, 0.2) is 42.5 Å². The first-order valence-corrected chi connectivity index (χ1v) is 9.39. The van der Waals surface area contributed by atoms with Gasteiger partial charge in [-0.2, -0.15) is 5.10 Å². The Bertz CT molecular complexity index is 1050. The highest BCUT2D eigenvalue weighted by Gasteiger charge is 2.17. The van der Waals surface area contributed by atoms with Crippen molar-refractivity contribution in [1.82, 2.24) is 19.7 Å². The number of aromatic nitrogens is 3. The molecule has 1 amide bonds. The van der Waals surface area contributed by atoms with E-state index in [0.717, 1.165) is 28.0 Å². The maximum absolute atomic E-state index is 12.9. The summed E-state index contributed by atoms with van der Waals surface area (Å²) >= 11 is 5.35. The Morgan fingerprint density at radius 1 is 1.21 bits per heavy atom. The van der Waals surface area contributed by atoms with Crippen LogP contribution in [0.3, 0.4) is 0 Å². The van der Waals surface area contributed by atoms with Crippen LogP contribution in [-0.4, -0.2) is 39.7 Å². The van der Waals surface area contributed by atoms with Gasteiger partial charge in [0.15, 0.2) is 10.6 Å². The molecule has 1 N–H and O–H groups in total. The Hall–Kier alpha value is -2.93. The van der Waals surface area contributed by atoms with Gasteiger partial charge in [-0.05, 0) is 38.2 Å². The number of amides is 1. The quantitative estimate of drug-likeness (QED) is 0.642. The lowest BCUT2D eigenvalue weighted by atomic mass is 10.1. The van der Waals surface area contributed by atoms with Crippen molar-refractivity contribution in [2.24, 2.45) is 0 Å². The second-order valence-electron chi connectivity index (χ2n) is 6.87. The average molecular weight is 397 g/mol.